The molecule has 1 N–H and O–H groups in total. The van der Waals surface area contributed by atoms with E-state index in [1.807, 2.05) is 38.4 Å². The van der Waals surface area contributed by atoms with Crippen LogP contribution in [0.2, 0.25) is 5.02 Å². The number of likely N-dealkylation sites (N-methyl/N-ethyl adjacent to an activating group) is 1. The molecule has 1 aromatic carbocycles. The van der Waals surface area contributed by atoms with Crippen LogP contribution >= 0.6 is 11.6 Å². The zero-order chi connectivity index (χ0) is 32.0. The Morgan fingerprint density at radius 1 is 1.13 bits per heavy atom. The van der Waals surface area contributed by atoms with E-state index in [-0.39, 0.29) is 18.0 Å². The number of fused-ring (bicyclic) bond motifs is 1. The van der Waals surface area contributed by atoms with E-state index in [0.29, 0.717) is 75.0 Å². The van der Waals surface area contributed by atoms with E-state index in [1.165, 1.54) is 12.4 Å². The van der Waals surface area contributed by atoms with Crippen LogP contribution in [0.1, 0.15) is 24.7 Å². The molecule has 0 fully saturated rings. The highest BCUT2D eigenvalue weighted by Crippen LogP contribution is 2.31. The third kappa shape index (κ3) is 8.31. The summed E-state index contributed by atoms with van der Waals surface area (Å²) in [6.07, 6.45) is 8.67. The van der Waals surface area contributed by atoms with E-state index in [0.717, 1.165) is 11.4 Å². The summed E-state index contributed by atoms with van der Waals surface area (Å²) in [5.74, 6) is 0.886. The first-order valence-corrected chi connectivity index (χ1v) is 14.5. The number of nitrogens with one attached hydrogen (secondary N) is 1. The average Bonchev–Trinajstić information content (AvgIpc) is 3.36. The number of halogens is 1. The molecule has 0 atom stereocenters. The summed E-state index contributed by atoms with van der Waals surface area (Å²) in [7, 11) is 3.92. The number of carbonyl (C=O) groups excluding carboxylic acids is 1. The van der Waals surface area contributed by atoms with Crippen LogP contribution in [0.25, 0.3) is 10.9 Å². The fraction of sp³-hybridized carbons (Fsp3) is 0.250. The molecule has 1 aliphatic heterocycles. The Balaban J connectivity index is 1.22. The number of hydrogen-bond donors (Lipinski definition) is 1. The number of quaternary nitrogens is 1. The molecule has 230 valence electrons. The number of anilines is 2. The highest BCUT2D eigenvalue weighted by Gasteiger charge is 2.31. The lowest BCUT2D eigenvalue weighted by Gasteiger charge is -2.28. The molecule has 0 bridgehead atoms. The topological polar surface area (TPSA) is 145 Å². The number of aromatic nitrogens is 4. The molecule has 1 aliphatic rings. The van der Waals surface area contributed by atoms with Gasteiger partial charge in [0.1, 0.15) is 36.8 Å². The Kier molecular flexibility index (Phi) is 9.55. The molecule has 12 nitrogen and oxygen atoms in total. The van der Waals surface area contributed by atoms with Gasteiger partial charge in [0.25, 0.3) is 0 Å². The zero-order valence-corrected chi connectivity index (χ0v) is 25.9. The van der Waals surface area contributed by atoms with Crippen LogP contribution in [0.15, 0.2) is 89.7 Å². The molecule has 0 spiro atoms. The van der Waals surface area contributed by atoms with Crippen molar-refractivity contribution in [3.8, 4) is 5.75 Å². The first kappa shape index (κ1) is 31.4. The van der Waals surface area contributed by atoms with Crippen LogP contribution in [0, 0.1) is 10.1 Å². The van der Waals surface area contributed by atoms with Crippen LogP contribution in [0.5, 0.6) is 5.75 Å². The monoisotopic (exact) mass is 627 g/mol. The van der Waals surface area contributed by atoms with Crippen molar-refractivity contribution < 1.29 is 18.9 Å². The van der Waals surface area contributed by atoms with Crippen molar-refractivity contribution in [2.75, 3.05) is 32.5 Å². The number of ether oxygens (including phenoxy) is 1. The van der Waals surface area contributed by atoms with E-state index in [2.05, 4.69) is 30.2 Å². The second kappa shape index (κ2) is 13.7. The number of ketones is 1. The molecule has 4 aromatic rings. The number of aliphatic imine (C=N–C) groups is 1. The van der Waals surface area contributed by atoms with Gasteiger partial charge < -0.3 is 24.7 Å². The molecular weight excluding hydrogens is 596 g/mol. The van der Waals surface area contributed by atoms with Gasteiger partial charge in [-0.2, -0.15) is 0 Å². The van der Waals surface area contributed by atoms with Gasteiger partial charge in [0.05, 0.1) is 55.1 Å². The summed E-state index contributed by atoms with van der Waals surface area (Å²) in [6.45, 7) is 3.06. The highest BCUT2D eigenvalue weighted by molar-refractivity contribution is 6.32. The molecule has 0 radical (unpaired) electrons. The van der Waals surface area contributed by atoms with Crippen molar-refractivity contribution >= 4 is 45.5 Å². The van der Waals surface area contributed by atoms with E-state index >= 15 is 0 Å². The molecule has 0 saturated heterocycles. The van der Waals surface area contributed by atoms with Gasteiger partial charge in [-0.05, 0) is 65.4 Å². The standard InChI is InChI=1S/C32H32ClN8O4/c1-21-13-22(32(38-21)40(43)44)18-41(2,3)12-6-8-26(42)14-25-15-27-29(17-35-25)36-20-37-31(27)39-23-9-10-30(28(33)16-23)45-19-24-7-4-5-11-34-24/h4-11,15-17,20H,12-14,18-19H2,1-3H3,(H,36,37,39)/q+1/b8-6+. The lowest BCUT2D eigenvalue weighted by molar-refractivity contribution is -0.880. The molecule has 45 heavy (non-hydrogen) atoms. The quantitative estimate of drug-likeness (QED) is 0.0879. The Labute approximate surface area is 264 Å². The molecule has 13 heteroatoms. The predicted octanol–water partition coefficient (Wildman–Crippen LogP) is 5.49. The number of pyridine rings is 2. The van der Waals surface area contributed by atoms with Crippen LogP contribution in [0.4, 0.5) is 11.5 Å². The Morgan fingerprint density at radius 3 is 2.73 bits per heavy atom. The van der Waals surface area contributed by atoms with Crippen molar-refractivity contribution in [3.63, 3.8) is 0 Å². The summed E-state index contributed by atoms with van der Waals surface area (Å²) in [5.41, 5.74) is 4.11. The Hall–Kier alpha value is -5.07. The van der Waals surface area contributed by atoms with Crippen molar-refractivity contribution in [1.29, 1.82) is 0 Å². The lowest BCUT2D eigenvalue weighted by atomic mass is 10.1. The van der Waals surface area contributed by atoms with Crippen molar-refractivity contribution in [3.05, 3.63) is 111 Å². The third-order valence-electron chi connectivity index (χ3n) is 7.01. The zero-order valence-electron chi connectivity index (χ0n) is 25.1. The normalized spacial score (nSPS) is 13.4. The first-order chi connectivity index (χ1) is 21.6. The number of benzene rings is 1. The van der Waals surface area contributed by atoms with E-state index in [4.69, 9.17) is 16.3 Å². The van der Waals surface area contributed by atoms with Crippen molar-refractivity contribution in [1.82, 2.24) is 19.9 Å². The first-order valence-electron chi connectivity index (χ1n) is 14.2. The van der Waals surface area contributed by atoms with Crippen LogP contribution < -0.4 is 10.1 Å². The van der Waals surface area contributed by atoms with Gasteiger partial charge in [0, 0.05) is 29.4 Å². The number of carbonyl (C=O) groups is 1. The van der Waals surface area contributed by atoms with Gasteiger partial charge in [0.2, 0.25) is 0 Å². The fourth-order valence-corrected chi connectivity index (χ4v) is 5.17. The summed E-state index contributed by atoms with van der Waals surface area (Å²) < 4.78 is 6.26. The second-order valence-electron chi connectivity index (χ2n) is 11.3. The smallest absolute Gasteiger partial charge is 0.368 e. The molecule has 0 aliphatic carbocycles. The van der Waals surface area contributed by atoms with Crippen LogP contribution in [0.3, 0.4) is 0 Å². The van der Waals surface area contributed by atoms with Crippen LogP contribution in [-0.2, 0) is 17.8 Å². The minimum atomic E-state index is -0.431. The molecule has 4 heterocycles. The molecule has 3 aromatic heterocycles. The summed E-state index contributed by atoms with van der Waals surface area (Å²) in [5, 5.41) is 15.8. The van der Waals surface area contributed by atoms with E-state index in [1.54, 1.807) is 43.6 Å². The van der Waals surface area contributed by atoms with E-state index < -0.39 is 4.92 Å². The largest absolute Gasteiger partial charge is 0.486 e. The number of hydrogen-bond acceptors (Lipinski definition) is 10. The molecule has 0 saturated carbocycles. The van der Waals surface area contributed by atoms with Crippen molar-refractivity contribution in [2.24, 2.45) is 4.99 Å². The maximum atomic E-state index is 12.8. The van der Waals surface area contributed by atoms with Gasteiger partial charge in [-0.3, -0.25) is 14.8 Å². The van der Waals surface area contributed by atoms with Gasteiger partial charge in [-0.25, -0.2) is 9.97 Å². The molecular formula is C32H32ClN8O4+. The SMILES string of the molecule is CC1=NC([N+](=O)[O-])=C(C[N+](C)(C)C/C=C/C(=O)Cc2cc3c(Nc4ccc(OCc5ccccn5)c(Cl)c4)ncnc3cn2)C1. The third-order valence-corrected chi connectivity index (χ3v) is 7.30. The predicted molar refractivity (Wildman–Crippen MR) is 172 cm³/mol. The number of nitro groups is 1. The van der Waals surface area contributed by atoms with E-state index in [9.17, 15) is 14.9 Å². The fourth-order valence-electron chi connectivity index (χ4n) is 4.94. The summed E-state index contributed by atoms with van der Waals surface area (Å²) in [6, 6.07) is 12.8. The van der Waals surface area contributed by atoms with Gasteiger partial charge in [0.15, 0.2) is 5.78 Å². The Bertz CT molecular complexity index is 1840. The average molecular weight is 628 g/mol. The summed E-state index contributed by atoms with van der Waals surface area (Å²) in [4.78, 5) is 45.2. The van der Waals surface area contributed by atoms with Crippen LogP contribution in [-0.4, -0.2) is 68.0 Å². The number of nitrogens with zero attached hydrogens (tertiary/aromatic N) is 7. The maximum absolute atomic E-state index is 12.8. The second-order valence-corrected chi connectivity index (χ2v) is 11.7. The van der Waals surface area contributed by atoms with Gasteiger partial charge >= 0.3 is 5.82 Å². The number of rotatable bonds is 13. The van der Waals surface area contributed by atoms with Gasteiger partial charge in [-0.15, -0.1) is 0 Å². The maximum Gasteiger partial charge on any atom is 0.368 e. The molecule has 0 unspecified atom stereocenters. The molecule has 5 rings (SSSR count). The van der Waals surface area contributed by atoms with Crippen molar-refractivity contribution in [2.45, 2.75) is 26.4 Å². The lowest BCUT2D eigenvalue weighted by Crippen LogP contribution is -2.41. The minimum Gasteiger partial charge on any atom is -0.486 e. The molecule has 0 amide bonds. The summed E-state index contributed by atoms with van der Waals surface area (Å²) >= 11 is 6.49. The number of allylic oxidation sites excluding steroid dienone is 1. The Morgan fingerprint density at radius 2 is 1.98 bits per heavy atom. The van der Waals surface area contributed by atoms with Gasteiger partial charge in [-0.1, -0.05) is 17.7 Å². The minimum absolute atomic E-state index is 0.0651. The highest BCUT2D eigenvalue weighted by atomic mass is 35.5.